The first-order valence-electron chi connectivity index (χ1n) is 6.64. The van der Waals surface area contributed by atoms with Gasteiger partial charge in [-0.1, -0.05) is 0 Å². The van der Waals surface area contributed by atoms with E-state index < -0.39 is 0 Å². The highest BCUT2D eigenvalue weighted by atomic mass is 35.5. The largest absolute Gasteiger partial charge is 0.368 e. The standard InChI is InChI=1S/C14H20ClN3O2/c1-14(2)10-17(7-6-16(14)3)12-4-5-13(18(19)20)11(8-12)9-15/h4-5,8H,6-7,9-10H2,1-3H3. The first kappa shape index (κ1) is 15.1. The Hall–Kier alpha value is -1.33. The van der Waals surface area contributed by atoms with Gasteiger partial charge < -0.3 is 4.90 Å². The third kappa shape index (κ3) is 2.88. The molecule has 0 aliphatic carbocycles. The van der Waals surface area contributed by atoms with E-state index in [0.29, 0.717) is 5.56 Å². The van der Waals surface area contributed by atoms with Crippen LogP contribution in [-0.4, -0.2) is 42.0 Å². The highest BCUT2D eigenvalue weighted by molar-refractivity contribution is 6.17. The number of hydrogen-bond donors (Lipinski definition) is 0. The molecular weight excluding hydrogens is 278 g/mol. The number of nitro benzene ring substituents is 1. The zero-order valence-electron chi connectivity index (χ0n) is 12.1. The van der Waals surface area contributed by atoms with Crippen LogP contribution in [0.5, 0.6) is 0 Å². The Morgan fingerprint density at radius 2 is 2.10 bits per heavy atom. The minimum Gasteiger partial charge on any atom is -0.368 e. The van der Waals surface area contributed by atoms with Crippen molar-refractivity contribution < 1.29 is 4.92 Å². The van der Waals surface area contributed by atoms with Gasteiger partial charge in [-0.3, -0.25) is 15.0 Å². The molecular formula is C14H20ClN3O2. The van der Waals surface area contributed by atoms with Gasteiger partial charge in [0, 0.05) is 42.5 Å². The quantitative estimate of drug-likeness (QED) is 0.489. The molecule has 0 spiro atoms. The van der Waals surface area contributed by atoms with E-state index >= 15 is 0 Å². The minimum atomic E-state index is -0.380. The summed E-state index contributed by atoms with van der Waals surface area (Å²) >= 11 is 5.84. The third-order valence-electron chi connectivity index (χ3n) is 4.09. The maximum Gasteiger partial charge on any atom is 0.273 e. The summed E-state index contributed by atoms with van der Waals surface area (Å²) in [5, 5.41) is 10.9. The van der Waals surface area contributed by atoms with Crippen LogP contribution < -0.4 is 4.90 Å². The van der Waals surface area contributed by atoms with E-state index in [2.05, 4.69) is 30.7 Å². The summed E-state index contributed by atoms with van der Waals surface area (Å²) in [5.41, 5.74) is 1.76. The van der Waals surface area contributed by atoms with Crippen LogP contribution >= 0.6 is 11.6 Å². The van der Waals surface area contributed by atoms with Gasteiger partial charge in [-0.2, -0.15) is 0 Å². The summed E-state index contributed by atoms with van der Waals surface area (Å²) in [7, 11) is 2.12. The number of hydrogen-bond acceptors (Lipinski definition) is 4. The number of halogens is 1. The summed E-state index contributed by atoms with van der Waals surface area (Å²) in [4.78, 5) is 15.2. The van der Waals surface area contributed by atoms with Crippen LogP contribution in [0.1, 0.15) is 19.4 Å². The monoisotopic (exact) mass is 297 g/mol. The first-order valence-corrected chi connectivity index (χ1v) is 7.18. The molecule has 20 heavy (non-hydrogen) atoms. The lowest BCUT2D eigenvalue weighted by Gasteiger charge is -2.46. The highest BCUT2D eigenvalue weighted by Gasteiger charge is 2.31. The van der Waals surface area contributed by atoms with Crippen molar-refractivity contribution in [2.45, 2.75) is 25.3 Å². The predicted octanol–water partition coefficient (Wildman–Crippen LogP) is 2.86. The number of piperazine rings is 1. The molecule has 0 atom stereocenters. The van der Waals surface area contributed by atoms with E-state index in [9.17, 15) is 10.1 Å². The van der Waals surface area contributed by atoms with Gasteiger partial charge in [0.15, 0.2) is 0 Å². The lowest BCUT2D eigenvalue weighted by molar-refractivity contribution is -0.385. The van der Waals surface area contributed by atoms with Crippen LogP contribution in [0.15, 0.2) is 18.2 Å². The Labute approximate surface area is 124 Å². The molecule has 0 N–H and O–H groups in total. The fraction of sp³-hybridized carbons (Fsp3) is 0.571. The number of alkyl halides is 1. The van der Waals surface area contributed by atoms with E-state index in [1.165, 1.54) is 0 Å². The maximum atomic E-state index is 10.9. The van der Waals surface area contributed by atoms with Crippen LogP contribution in [0, 0.1) is 10.1 Å². The Kier molecular flexibility index (Phi) is 4.20. The molecule has 1 heterocycles. The van der Waals surface area contributed by atoms with E-state index in [1.807, 2.05) is 12.1 Å². The second-order valence-electron chi connectivity index (χ2n) is 5.86. The van der Waals surface area contributed by atoms with Crippen LogP contribution in [0.4, 0.5) is 11.4 Å². The van der Waals surface area contributed by atoms with Crippen molar-refractivity contribution in [2.24, 2.45) is 0 Å². The van der Waals surface area contributed by atoms with Crippen LogP contribution in [0.2, 0.25) is 0 Å². The topological polar surface area (TPSA) is 49.6 Å². The molecule has 0 radical (unpaired) electrons. The molecule has 2 rings (SSSR count). The Morgan fingerprint density at radius 1 is 1.40 bits per heavy atom. The van der Waals surface area contributed by atoms with Crippen LogP contribution in [0.3, 0.4) is 0 Å². The van der Waals surface area contributed by atoms with E-state index in [-0.39, 0.29) is 22.0 Å². The second-order valence-corrected chi connectivity index (χ2v) is 6.13. The molecule has 1 saturated heterocycles. The Bertz CT molecular complexity index is 519. The molecule has 1 fully saturated rings. The molecule has 5 nitrogen and oxygen atoms in total. The molecule has 0 unspecified atom stereocenters. The lowest BCUT2D eigenvalue weighted by atomic mass is 9.99. The van der Waals surface area contributed by atoms with Gasteiger partial charge >= 0.3 is 0 Å². The third-order valence-corrected chi connectivity index (χ3v) is 4.37. The molecule has 1 aliphatic heterocycles. The lowest BCUT2D eigenvalue weighted by Crippen LogP contribution is -2.57. The maximum absolute atomic E-state index is 10.9. The molecule has 0 aromatic heterocycles. The Morgan fingerprint density at radius 3 is 2.65 bits per heavy atom. The van der Waals surface area contributed by atoms with Gasteiger partial charge in [0.2, 0.25) is 0 Å². The summed E-state index contributed by atoms with van der Waals surface area (Å²) < 4.78 is 0. The number of benzene rings is 1. The van der Waals surface area contributed by atoms with Crippen LogP contribution in [0.25, 0.3) is 0 Å². The van der Waals surface area contributed by atoms with Crippen molar-refractivity contribution in [1.29, 1.82) is 0 Å². The number of nitrogens with zero attached hydrogens (tertiary/aromatic N) is 3. The number of nitro groups is 1. The summed E-state index contributed by atoms with van der Waals surface area (Å²) in [6.45, 7) is 7.18. The zero-order chi connectivity index (χ0) is 14.9. The van der Waals surface area contributed by atoms with Gasteiger partial charge in [-0.15, -0.1) is 11.6 Å². The van der Waals surface area contributed by atoms with Crippen molar-refractivity contribution in [3.8, 4) is 0 Å². The van der Waals surface area contributed by atoms with Gasteiger partial charge in [-0.25, -0.2) is 0 Å². The molecule has 0 saturated carbocycles. The highest BCUT2D eigenvalue weighted by Crippen LogP contribution is 2.29. The van der Waals surface area contributed by atoms with Crippen molar-refractivity contribution in [1.82, 2.24) is 4.90 Å². The molecule has 110 valence electrons. The fourth-order valence-corrected chi connectivity index (χ4v) is 2.73. The smallest absolute Gasteiger partial charge is 0.273 e. The SMILES string of the molecule is CN1CCN(c2ccc([N+](=O)[O-])c(CCl)c2)CC1(C)C. The van der Waals surface area contributed by atoms with Crippen molar-refractivity contribution in [2.75, 3.05) is 31.6 Å². The van der Waals surface area contributed by atoms with Gasteiger partial charge in [0.25, 0.3) is 5.69 Å². The molecule has 1 aliphatic rings. The second kappa shape index (κ2) is 5.58. The average Bonchev–Trinajstić information content (AvgIpc) is 2.40. The summed E-state index contributed by atoms with van der Waals surface area (Å²) in [5.74, 6) is 0.154. The van der Waals surface area contributed by atoms with Gasteiger partial charge in [-0.05, 0) is 33.0 Å². The van der Waals surface area contributed by atoms with E-state index in [0.717, 1.165) is 25.3 Å². The molecule has 1 aromatic carbocycles. The van der Waals surface area contributed by atoms with Gasteiger partial charge in [0.1, 0.15) is 0 Å². The number of rotatable bonds is 3. The van der Waals surface area contributed by atoms with Crippen molar-refractivity contribution >= 4 is 23.0 Å². The normalized spacial score (nSPS) is 19.1. The molecule has 0 amide bonds. The number of likely N-dealkylation sites (N-methyl/N-ethyl adjacent to an activating group) is 1. The summed E-state index contributed by atoms with van der Waals surface area (Å²) in [6.07, 6.45) is 0. The Balaban J connectivity index is 2.28. The fourth-order valence-electron chi connectivity index (χ4n) is 2.51. The number of anilines is 1. The van der Waals surface area contributed by atoms with Crippen LogP contribution in [-0.2, 0) is 5.88 Å². The summed E-state index contributed by atoms with van der Waals surface area (Å²) in [6, 6.07) is 5.21. The molecule has 6 heteroatoms. The average molecular weight is 298 g/mol. The molecule has 0 bridgehead atoms. The minimum absolute atomic E-state index is 0.0845. The first-order chi connectivity index (χ1) is 9.35. The van der Waals surface area contributed by atoms with Crippen molar-refractivity contribution in [3.05, 3.63) is 33.9 Å². The van der Waals surface area contributed by atoms with Crippen molar-refractivity contribution in [3.63, 3.8) is 0 Å². The van der Waals surface area contributed by atoms with E-state index in [4.69, 9.17) is 11.6 Å². The van der Waals surface area contributed by atoms with E-state index in [1.54, 1.807) is 6.07 Å². The van der Waals surface area contributed by atoms with Gasteiger partial charge in [0.05, 0.1) is 10.8 Å². The molecule has 1 aromatic rings. The zero-order valence-corrected chi connectivity index (χ0v) is 12.9. The predicted molar refractivity (Wildman–Crippen MR) is 81.6 cm³/mol.